The van der Waals surface area contributed by atoms with Gasteiger partial charge >= 0.3 is 0 Å². The highest BCUT2D eigenvalue weighted by atomic mass is 19.1. The predicted molar refractivity (Wildman–Crippen MR) is 111 cm³/mol. The molecule has 0 aromatic heterocycles. The minimum Gasteiger partial charge on any atom is -0.367 e. The molecular weight excluding hydrogens is 374 g/mol. The lowest BCUT2D eigenvalue weighted by molar-refractivity contribution is -0.115. The number of fused-ring (bicyclic) bond motifs is 1. The third-order valence-corrected chi connectivity index (χ3v) is 5.58. The third kappa shape index (κ3) is 4.00. The Morgan fingerprint density at radius 1 is 1.10 bits per heavy atom. The molecule has 29 heavy (non-hydrogen) atoms. The van der Waals surface area contributed by atoms with Crippen molar-refractivity contribution in [2.45, 2.75) is 25.8 Å². The first-order chi connectivity index (χ1) is 13.9. The van der Waals surface area contributed by atoms with Crippen LogP contribution in [0.5, 0.6) is 0 Å². The van der Waals surface area contributed by atoms with Crippen molar-refractivity contribution in [2.24, 2.45) is 4.99 Å². The van der Waals surface area contributed by atoms with Crippen molar-refractivity contribution < 1.29 is 13.6 Å². The maximum absolute atomic E-state index is 14.7. The molecule has 0 radical (unpaired) electrons. The zero-order valence-electron chi connectivity index (χ0n) is 16.5. The van der Waals surface area contributed by atoms with Gasteiger partial charge in [-0.05, 0) is 49.7 Å². The van der Waals surface area contributed by atoms with Gasteiger partial charge in [0, 0.05) is 50.2 Å². The second-order valence-corrected chi connectivity index (χ2v) is 7.73. The van der Waals surface area contributed by atoms with E-state index < -0.39 is 11.7 Å². The van der Waals surface area contributed by atoms with E-state index in [1.54, 1.807) is 12.1 Å². The zero-order chi connectivity index (χ0) is 20.5. The Labute approximate surface area is 169 Å². The standard InChI is InChI=1S/C22H24F2N4O/c1-14(2)27-7-9-28(10-8-27)21-6-4-16(12-19(21)24)25-13-18-17-11-15(23)3-5-20(17)26-22(18)29/h3-6,11-14,18H,7-10H2,1-2H3,(H,26,29). The van der Waals surface area contributed by atoms with Crippen LogP contribution in [0, 0.1) is 11.6 Å². The summed E-state index contributed by atoms with van der Waals surface area (Å²) in [4.78, 5) is 20.9. The molecule has 0 saturated carbocycles. The van der Waals surface area contributed by atoms with Gasteiger partial charge in [0.25, 0.3) is 0 Å². The molecule has 1 saturated heterocycles. The van der Waals surface area contributed by atoms with Crippen molar-refractivity contribution in [3.63, 3.8) is 0 Å². The first-order valence-electron chi connectivity index (χ1n) is 9.85. The molecule has 1 unspecified atom stereocenters. The SMILES string of the molecule is CC(C)N1CCN(c2ccc(N=CC3C(=O)Nc4ccc(F)cc43)cc2F)CC1. The van der Waals surface area contributed by atoms with Crippen LogP contribution in [-0.2, 0) is 4.79 Å². The van der Waals surface area contributed by atoms with Crippen molar-refractivity contribution >= 4 is 29.2 Å². The van der Waals surface area contributed by atoms with Crippen LogP contribution in [0.15, 0.2) is 41.4 Å². The molecule has 0 bridgehead atoms. The Hall–Kier alpha value is -2.80. The van der Waals surface area contributed by atoms with Gasteiger partial charge in [-0.1, -0.05) is 0 Å². The number of halogens is 2. The lowest BCUT2D eigenvalue weighted by atomic mass is 10.0. The number of piperazine rings is 1. The molecule has 2 aliphatic heterocycles. The molecule has 2 aromatic carbocycles. The van der Waals surface area contributed by atoms with E-state index in [0.717, 1.165) is 26.2 Å². The summed E-state index contributed by atoms with van der Waals surface area (Å²) in [6.07, 6.45) is 1.44. The number of anilines is 2. The average molecular weight is 398 g/mol. The van der Waals surface area contributed by atoms with E-state index in [4.69, 9.17) is 0 Å². The van der Waals surface area contributed by atoms with Crippen LogP contribution in [-0.4, -0.2) is 49.2 Å². The van der Waals surface area contributed by atoms with E-state index in [1.807, 2.05) is 4.90 Å². The van der Waals surface area contributed by atoms with Crippen molar-refractivity contribution in [1.29, 1.82) is 0 Å². The van der Waals surface area contributed by atoms with Gasteiger partial charge in [-0.25, -0.2) is 8.78 Å². The van der Waals surface area contributed by atoms with Crippen LogP contribution >= 0.6 is 0 Å². The van der Waals surface area contributed by atoms with Crippen molar-refractivity contribution in [3.8, 4) is 0 Å². The molecule has 7 heteroatoms. The van der Waals surface area contributed by atoms with E-state index in [9.17, 15) is 13.6 Å². The molecule has 1 amide bonds. The molecule has 1 atom stereocenters. The number of hydrogen-bond acceptors (Lipinski definition) is 4. The summed E-state index contributed by atoms with van der Waals surface area (Å²) in [5.41, 5.74) is 2.11. The summed E-state index contributed by atoms with van der Waals surface area (Å²) in [5, 5.41) is 2.70. The Balaban J connectivity index is 1.48. The van der Waals surface area contributed by atoms with Crippen molar-refractivity contribution in [1.82, 2.24) is 4.90 Å². The van der Waals surface area contributed by atoms with Gasteiger partial charge in [0.05, 0.1) is 11.4 Å². The maximum Gasteiger partial charge on any atom is 0.237 e. The van der Waals surface area contributed by atoms with Crippen LogP contribution in [0.1, 0.15) is 25.3 Å². The average Bonchev–Trinajstić information content (AvgIpc) is 3.01. The number of carbonyl (C=O) groups is 1. The summed E-state index contributed by atoms with van der Waals surface area (Å²) in [5.74, 6) is -1.70. The summed E-state index contributed by atoms with van der Waals surface area (Å²) in [6, 6.07) is 9.49. The van der Waals surface area contributed by atoms with Gasteiger partial charge in [0.1, 0.15) is 17.6 Å². The topological polar surface area (TPSA) is 47.9 Å². The minimum atomic E-state index is -0.687. The van der Waals surface area contributed by atoms with Gasteiger partial charge in [-0.15, -0.1) is 0 Å². The molecule has 5 nitrogen and oxygen atoms in total. The van der Waals surface area contributed by atoms with E-state index >= 15 is 0 Å². The largest absolute Gasteiger partial charge is 0.367 e. The predicted octanol–water partition coefficient (Wildman–Crippen LogP) is 3.93. The molecular formula is C22H24F2N4O. The number of benzene rings is 2. The molecule has 2 aliphatic rings. The normalized spacial score (nSPS) is 19.8. The Bertz CT molecular complexity index is 952. The van der Waals surface area contributed by atoms with Crippen molar-refractivity contribution in [3.05, 3.63) is 53.6 Å². The lowest BCUT2D eigenvalue weighted by Gasteiger charge is -2.38. The van der Waals surface area contributed by atoms with Gasteiger partial charge in [0.2, 0.25) is 5.91 Å². The van der Waals surface area contributed by atoms with Crippen LogP contribution < -0.4 is 10.2 Å². The summed E-state index contributed by atoms with van der Waals surface area (Å²) < 4.78 is 28.2. The van der Waals surface area contributed by atoms with Crippen molar-refractivity contribution in [2.75, 3.05) is 36.4 Å². The Morgan fingerprint density at radius 3 is 2.55 bits per heavy atom. The van der Waals surface area contributed by atoms with E-state index in [2.05, 4.69) is 29.1 Å². The van der Waals surface area contributed by atoms with Gasteiger partial charge in [-0.3, -0.25) is 14.7 Å². The summed E-state index contributed by atoms with van der Waals surface area (Å²) in [7, 11) is 0. The fourth-order valence-electron chi connectivity index (χ4n) is 3.88. The van der Waals surface area contributed by atoms with Crippen LogP contribution in [0.4, 0.5) is 25.8 Å². The number of aliphatic imine (C=N–C) groups is 1. The highest BCUT2D eigenvalue weighted by molar-refractivity contribution is 6.12. The van der Waals surface area contributed by atoms with Crippen LogP contribution in [0.3, 0.4) is 0 Å². The van der Waals surface area contributed by atoms with Gasteiger partial charge in [0.15, 0.2) is 0 Å². The van der Waals surface area contributed by atoms with E-state index in [0.29, 0.717) is 28.7 Å². The number of amides is 1. The third-order valence-electron chi connectivity index (χ3n) is 5.58. The Kier molecular flexibility index (Phi) is 5.32. The van der Waals surface area contributed by atoms with E-state index in [-0.39, 0.29) is 11.7 Å². The molecule has 4 rings (SSSR count). The minimum absolute atomic E-state index is 0.269. The lowest BCUT2D eigenvalue weighted by Crippen LogP contribution is -2.49. The fourth-order valence-corrected chi connectivity index (χ4v) is 3.88. The van der Waals surface area contributed by atoms with Crippen LogP contribution in [0.25, 0.3) is 0 Å². The molecule has 2 aromatic rings. The molecule has 1 fully saturated rings. The quantitative estimate of drug-likeness (QED) is 0.794. The maximum atomic E-state index is 14.7. The summed E-state index contributed by atoms with van der Waals surface area (Å²) >= 11 is 0. The molecule has 2 heterocycles. The van der Waals surface area contributed by atoms with E-state index in [1.165, 1.54) is 30.5 Å². The Morgan fingerprint density at radius 2 is 1.86 bits per heavy atom. The molecule has 0 aliphatic carbocycles. The smallest absolute Gasteiger partial charge is 0.237 e. The van der Waals surface area contributed by atoms with Gasteiger partial charge in [-0.2, -0.15) is 0 Å². The fraction of sp³-hybridized carbons (Fsp3) is 0.364. The second kappa shape index (κ2) is 7.91. The number of nitrogens with one attached hydrogen (secondary N) is 1. The summed E-state index contributed by atoms with van der Waals surface area (Å²) in [6.45, 7) is 7.71. The zero-order valence-corrected chi connectivity index (χ0v) is 16.5. The molecule has 152 valence electrons. The highest BCUT2D eigenvalue weighted by Gasteiger charge is 2.29. The van der Waals surface area contributed by atoms with Gasteiger partial charge < -0.3 is 10.2 Å². The van der Waals surface area contributed by atoms with Crippen LogP contribution in [0.2, 0.25) is 0 Å². The first-order valence-corrected chi connectivity index (χ1v) is 9.85. The molecule has 0 spiro atoms. The second-order valence-electron chi connectivity index (χ2n) is 7.73. The number of carbonyl (C=O) groups excluding carboxylic acids is 1. The number of rotatable bonds is 4. The monoisotopic (exact) mass is 398 g/mol. The molecule has 1 N–H and O–H groups in total. The first kappa shape index (κ1) is 19.5. The highest BCUT2D eigenvalue weighted by Crippen LogP contribution is 2.33. The number of nitrogens with zero attached hydrogens (tertiary/aromatic N) is 3. The number of hydrogen-bond donors (Lipinski definition) is 1.